The highest BCUT2D eigenvalue weighted by Crippen LogP contribution is 2.12. The van der Waals surface area contributed by atoms with Crippen LogP contribution in [0.3, 0.4) is 0 Å². The maximum absolute atomic E-state index is 13.1. The first kappa shape index (κ1) is 16.6. The lowest BCUT2D eigenvalue weighted by atomic mass is 10.2. The van der Waals surface area contributed by atoms with Crippen molar-refractivity contribution in [3.63, 3.8) is 0 Å². The van der Waals surface area contributed by atoms with Gasteiger partial charge in [0, 0.05) is 11.8 Å². The average molecular weight is 319 g/mol. The minimum atomic E-state index is -1.12. The van der Waals surface area contributed by atoms with Gasteiger partial charge in [0.2, 0.25) is 0 Å². The van der Waals surface area contributed by atoms with E-state index in [9.17, 15) is 18.4 Å². The molecule has 1 N–H and O–H groups in total. The summed E-state index contributed by atoms with van der Waals surface area (Å²) in [7, 11) is 0. The van der Waals surface area contributed by atoms with Crippen LogP contribution in [-0.2, 0) is 9.53 Å². The van der Waals surface area contributed by atoms with Crippen molar-refractivity contribution in [2.24, 2.45) is 0 Å². The maximum atomic E-state index is 13.1. The zero-order valence-corrected chi connectivity index (χ0v) is 12.6. The number of esters is 1. The number of benzene rings is 2. The van der Waals surface area contributed by atoms with Crippen LogP contribution in [0.25, 0.3) is 0 Å². The normalized spacial score (nSPS) is 11.7. The topological polar surface area (TPSA) is 55.4 Å². The molecule has 0 aliphatic carbocycles. The third-order valence-electron chi connectivity index (χ3n) is 3.07. The number of nitrogens with one attached hydrogen (secondary N) is 1. The average Bonchev–Trinajstić information content (AvgIpc) is 2.48. The van der Waals surface area contributed by atoms with Gasteiger partial charge in [-0.05, 0) is 38.1 Å². The molecule has 0 aliphatic rings. The zero-order chi connectivity index (χ0) is 17.0. The second kappa shape index (κ2) is 7.00. The lowest BCUT2D eigenvalue weighted by Crippen LogP contribution is -2.30. The summed E-state index contributed by atoms with van der Waals surface area (Å²) >= 11 is 0. The summed E-state index contributed by atoms with van der Waals surface area (Å²) < 4.78 is 31.1. The van der Waals surface area contributed by atoms with Crippen LogP contribution in [0.1, 0.15) is 22.8 Å². The highest BCUT2D eigenvalue weighted by Gasteiger charge is 2.20. The van der Waals surface area contributed by atoms with Crippen molar-refractivity contribution in [2.45, 2.75) is 20.0 Å². The SMILES string of the molecule is Cc1ccc(NC(=O)[C@@H](C)OC(=O)c2cc(F)cc(F)c2)cc1. The number of ether oxygens (including phenoxy) is 1. The molecule has 1 amide bonds. The first-order valence-electron chi connectivity index (χ1n) is 6.90. The molecule has 4 nitrogen and oxygen atoms in total. The van der Waals surface area contributed by atoms with Crippen LogP contribution in [-0.4, -0.2) is 18.0 Å². The number of hydrogen-bond donors (Lipinski definition) is 1. The van der Waals surface area contributed by atoms with Crippen LogP contribution in [0.4, 0.5) is 14.5 Å². The Morgan fingerprint density at radius 1 is 1.04 bits per heavy atom. The van der Waals surface area contributed by atoms with E-state index in [1.807, 2.05) is 19.1 Å². The fraction of sp³-hybridized carbons (Fsp3) is 0.176. The van der Waals surface area contributed by atoms with Gasteiger partial charge in [-0.15, -0.1) is 0 Å². The predicted octanol–water partition coefficient (Wildman–Crippen LogP) is 3.46. The lowest BCUT2D eigenvalue weighted by molar-refractivity contribution is -0.123. The predicted molar refractivity (Wildman–Crippen MR) is 81.0 cm³/mol. The van der Waals surface area contributed by atoms with E-state index in [1.165, 1.54) is 6.92 Å². The third kappa shape index (κ3) is 4.60. The number of halogens is 2. The van der Waals surface area contributed by atoms with E-state index in [4.69, 9.17) is 4.74 Å². The Labute approximate surface area is 132 Å². The number of hydrogen-bond acceptors (Lipinski definition) is 3. The van der Waals surface area contributed by atoms with Crippen LogP contribution >= 0.6 is 0 Å². The van der Waals surface area contributed by atoms with E-state index < -0.39 is 29.6 Å². The molecule has 2 rings (SSSR count). The number of anilines is 1. The van der Waals surface area contributed by atoms with Crippen LogP contribution in [0.15, 0.2) is 42.5 Å². The maximum Gasteiger partial charge on any atom is 0.339 e. The van der Waals surface area contributed by atoms with E-state index in [-0.39, 0.29) is 5.56 Å². The Hall–Kier alpha value is -2.76. The first-order valence-corrected chi connectivity index (χ1v) is 6.90. The molecule has 0 heterocycles. The molecule has 6 heteroatoms. The van der Waals surface area contributed by atoms with Crippen molar-refractivity contribution in [3.8, 4) is 0 Å². The summed E-state index contributed by atoms with van der Waals surface area (Å²) in [4.78, 5) is 23.8. The quantitative estimate of drug-likeness (QED) is 0.878. The van der Waals surface area contributed by atoms with Crippen molar-refractivity contribution >= 4 is 17.6 Å². The van der Waals surface area contributed by atoms with Gasteiger partial charge in [-0.3, -0.25) is 4.79 Å². The smallest absolute Gasteiger partial charge is 0.339 e. The van der Waals surface area contributed by atoms with Crippen molar-refractivity contribution < 1.29 is 23.1 Å². The van der Waals surface area contributed by atoms with E-state index in [1.54, 1.807) is 12.1 Å². The van der Waals surface area contributed by atoms with Crippen molar-refractivity contribution in [1.29, 1.82) is 0 Å². The van der Waals surface area contributed by atoms with Gasteiger partial charge in [0.05, 0.1) is 5.56 Å². The molecule has 0 bridgehead atoms. The van der Waals surface area contributed by atoms with Crippen LogP contribution < -0.4 is 5.32 Å². The van der Waals surface area contributed by atoms with Gasteiger partial charge in [0.25, 0.3) is 5.91 Å². The van der Waals surface area contributed by atoms with Gasteiger partial charge in [-0.1, -0.05) is 17.7 Å². The van der Waals surface area contributed by atoms with Gasteiger partial charge >= 0.3 is 5.97 Å². The van der Waals surface area contributed by atoms with Crippen molar-refractivity contribution in [3.05, 3.63) is 65.2 Å². The Morgan fingerprint density at radius 2 is 1.61 bits per heavy atom. The number of aryl methyl sites for hydroxylation is 1. The summed E-state index contributed by atoms with van der Waals surface area (Å²) in [5.74, 6) is -3.31. The molecule has 2 aromatic rings. The standard InChI is InChI=1S/C17H15F2NO3/c1-10-3-5-15(6-4-10)20-16(21)11(2)23-17(22)12-7-13(18)9-14(19)8-12/h3-9,11H,1-2H3,(H,20,21)/t11-/m1/s1. The van der Waals surface area contributed by atoms with Crippen molar-refractivity contribution in [1.82, 2.24) is 0 Å². The second-order valence-corrected chi connectivity index (χ2v) is 5.06. The number of carbonyl (C=O) groups excluding carboxylic acids is 2. The molecular weight excluding hydrogens is 304 g/mol. The highest BCUT2D eigenvalue weighted by atomic mass is 19.1. The Kier molecular flexibility index (Phi) is 5.05. The second-order valence-electron chi connectivity index (χ2n) is 5.06. The molecule has 120 valence electrons. The van der Waals surface area contributed by atoms with Crippen LogP contribution in [0.5, 0.6) is 0 Å². The minimum absolute atomic E-state index is 0.294. The van der Waals surface area contributed by atoms with Gasteiger partial charge in [0.15, 0.2) is 6.10 Å². The highest BCUT2D eigenvalue weighted by molar-refractivity contribution is 5.97. The summed E-state index contributed by atoms with van der Waals surface area (Å²) in [6, 6.07) is 9.40. The molecule has 0 aromatic heterocycles. The lowest BCUT2D eigenvalue weighted by Gasteiger charge is -2.13. The third-order valence-corrected chi connectivity index (χ3v) is 3.07. The monoisotopic (exact) mass is 319 g/mol. The minimum Gasteiger partial charge on any atom is -0.449 e. The van der Waals surface area contributed by atoms with Gasteiger partial charge < -0.3 is 10.1 Å². The summed E-state index contributed by atoms with van der Waals surface area (Å²) in [6.45, 7) is 3.28. The molecule has 0 radical (unpaired) electrons. The molecule has 0 unspecified atom stereocenters. The summed E-state index contributed by atoms with van der Waals surface area (Å²) in [5, 5.41) is 2.58. The number of rotatable bonds is 4. The molecular formula is C17H15F2NO3. The molecule has 0 spiro atoms. The van der Waals surface area contributed by atoms with Gasteiger partial charge in [-0.25, -0.2) is 13.6 Å². The van der Waals surface area contributed by atoms with Crippen LogP contribution in [0, 0.1) is 18.6 Å². The first-order chi connectivity index (χ1) is 10.8. The molecule has 0 fully saturated rings. The van der Waals surface area contributed by atoms with Gasteiger partial charge in [0.1, 0.15) is 11.6 Å². The molecule has 0 aliphatic heterocycles. The molecule has 0 saturated heterocycles. The summed E-state index contributed by atoms with van der Waals surface area (Å²) in [6.07, 6.45) is -1.12. The Morgan fingerprint density at radius 3 is 2.17 bits per heavy atom. The largest absolute Gasteiger partial charge is 0.449 e. The Balaban J connectivity index is 1.99. The molecule has 1 atom stereocenters. The fourth-order valence-corrected chi connectivity index (χ4v) is 1.83. The fourth-order valence-electron chi connectivity index (χ4n) is 1.83. The Bertz CT molecular complexity index is 709. The molecule has 2 aromatic carbocycles. The van der Waals surface area contributed by atoms with E-state index in [2.05, 4.69) is 5.32 Å². The van der Waals surface area contributed by atoms with Crippen molar-refractivity contribution in [2.75, 3.05) is 5.32 Å². The van der Waals surface area contributed by atoms with E-state index >= 15 is 0 Å². The zero-order valence-electron chi connectivity index (χ0n) is 12.6. The van der Waals surface area contributed by atoms with Crippen LogP contribution in [0.2, 0.25) is 0 Å². The summed E-state index contributed by atoms with van der Waals surface area (Å²) in [5.41, 5.74) is 1.30. The van der Waals surface area contributed by atoms with Gasteiger partial charge in [-0.2, -0.15) is 0 Å². The molecule has 23 heavy (non-hydrogen) atoms. The van der Waals surface area contributed by atoms with E-state index in [0.29, 0.717) is 11.8 Å². The number of amides is 1. The van der Waals surface area contributed by atoms with E-state index in [0.717, 1.165) is 17.7 Å². The molecule has 0 saturated carbocycles. The number of carbonyl (C=O) groups is 2.